The van der Waals surface area contributed by atoms with Crippen LogP contribution >= 0.6 is 0 Å². The quantitative estimate of drug-likeness (QED) is 0.118. The Morgan fingerprint density at radius 3 is 0.933 bits per heavy atom. The van der Waals surface area contributed by atoms with Crippen LogP contribution in [-0.4, -0.2) is 98.6 Å². The van der Waals surface area contributed by atoms with Crippen LogP contribution in [0.1, 0.15) is 133 Å². The summed E-state index contributed by atoms with van der Waals surface area (Å²) < 4.78 is 44.4. The summed E-state index contributed by atoms with van der Waals surface area (Å²) in [4.78, 5) is 114. The predicted molar refractivity (Wildman–Crippen MR) is 210 cm³/mol. The van der Waals surface area contributed by atoms with Crippen LogP contribution in [0.25, 0.3) is 0 Å². The minimum atomic E-state index is -2.33. The van der Waals surface area contributed by atoms with Gasteiger partial charge in [-0.3, -0.25) is 19.2 Å². The largest absolute Gasteiger partial charge is 0.463 e. The molecule has 2 unspecified atom stereocenters. The Hall–Kier alpha value is -4.24. The highest BCUT2D eigenvalue weighted by molar-refractivity contribution is 6.07. The van der Waals surface area contributed by atoms with Gasteiger partial charge in [-0.1, -0.05) is 52.4 Å². The maximum absolute atomic E-state index is 15.8. The lowest BCUT2D eigenvalue weighted by Gasteiger charge is -2.39. The highest BCUT2D eigenvalue weighted by Crippen LogP contribution is 2.94. The van der Waals surface area contributed by atoms with E-state index in [-0.39, 0.29) is 26.4 Å². The second-order valence-corrected chi connectivity index (χ2v) is 17.0. The van der Waals surface area contributed by atoms with E-state index in [2.05, 4.69) is 0 Å². The monoisotopic (exact) mass is 850 g/mol. The summed E-state index contributed by atoms with van der Waals surface area (Å²) in [6, 6.07) is 0. The molecule has 338 valence electrons. The molecule has 0 amide bonds. The van der Waals surface area contributed by atoms with Gasteiger partial charge < -0.3 is 37.9 Å². The third-order valence-corrected chi connectivity index (χ3v) is 13.9. The molecule has 4 aliphatic rings. The molecule has 4 aliphatic carbocycles. The van der Waals surface area contributed by atoms with Crippen molar-refractivity contribution in [2.24, 2.45) is 45.3 Å². The van der Waals surface area contributed by atoms with Crippen LogP contribution in [0.4, 0.5) is 0 Å². The molecule has 4 saturated carbocycles. The SMILES string of the molecule is CCOC(=O)[C@H](C)OC(=O)C1[C@](C)(C2CCCCC2)[C@@]1(C(=O)O[C@@H](C)C(=O)OCC)[C@@]1(C(=O)O[C@@H](C)C(=O)OCC)C(C(=O)O[C@@H](C)C(=O)OCC)[C@@]1(C)C1CCCCC1. The lowest BCUT2D eigenvalue weighted by atomic mass is 9.64. The van der Waals surface area contributed by atoms with Gasteiger partial charge in [0.15, 0.2) is 24.4 Å². The minimum absolute atomic E-state index is 0.00664. The average molecular weight is 851 g/mol. The molecule has 4 fully saturated rings. The van der Waals surface area contributed by atoms with Gasteiger partial charge in [-0.25, -0.2) is 19.2 Å². The summed E-state index contributed by atoms with van der Waals surface area (Å²) in [5.74, 6) is -11.9. The van der Waals surface area contributed by atoms with Gasteiger partial charge in [-0.15, -0.1) is 0 Å². The molecule has 0 aromatic rings. The summed E-state index contributed by atoms with van der Waals surface area (Å²) >= 11 is 0. The van der Waals surface area contributed by atoms with Crippen molar-refractivity contribution in [2.45, 2.75) is 158 Å². The van der Waals surface area contributed by atoms with Gasteiger partial charge in [-0.2, -0.15) is 0 Å². The van der Waals surface area contributed by atoms with E-state index in [0.717, 1.165) is 12.8 Å². The lowest BCUT2D eigenvalue weighted by molar-refractivity contribution is -0.187. The second-order valence-electron chi connectivity index (χ2n) is 17.0. The number of hydrogen-bond acceptors (Lipinski definition) is 16. The highest BCUT2D eigenvalue weighted by Gasteiger charge is 3.03. The smallest absolute Gasteiger partial charge is 0.347 e. The Labute approximate surface area is 353 Å². The van der Waals surface area contributed by atoms with Gasteiger partial charge in [-0.05, 0) is 92.9 Å². The molecule has 16 nitrogen and oxygen atoms in total. The van der Waals surface area contributed by atoms with Crippen LogP contribution in [0.3, 0.4) is 0 Å². The number of rotatable bonds is 19. The van der Waals surface area contributed by atoms with Crippen molar-refractivity contribution in [3.05, 3.63) is 0 Å². The molecule has 16 heteroatoms. The average Bonchev–Trinajstić information content (AvgIpc) is 4.03. The molecule has 4 rings (SSSR count). The first kappa shape index (κ1) is 48.4. The molecule has 0 saturated heterocycles. The van der Waals surface area contributed by atoms with Gasteiger partial charge in [0.25, 0.3) is 0 Å². The van der Waals surface area contributed by atoms with Gasteiger partial charge >= 0.3 is 47.8 Å². The van der Waals surface area contributed by atoms with Crippen LogP contribution in [0.5, 0.6) is 0 Å². The summed E-state index contributed by atoms with van der Waals surface area (Å²) in [5, 5.41) is 0. The van der Waals surface area contributed by atoms with E-state index in [9.17, 15) is 19.2 Å². The van der Waals surface area contributed by atoms with Crippen molar-refractivity contribution in [1.29, 1.82) is 0 Å². The maximum atomic E-state index is 15.8. The Kier molecular flexibility index (Phi) is 15.9. The van der Waals surface area contributed by atoms with Crippen molar-refractivity contribution in [3.63, 3.8) is 0 Å². The highest BCUT2D eigenvalue weighted by atomic mass is 16.6. The number of ether oxygens (including phenoxy) is 8. The molecule has 0 aromatic carbocycles. The predicted octanol–water partition coefficient (Wildman–Crippen LogP) is 5.37. The summed E-state index contributed by atoms with van der Waals surface area (Å²) in [5.41, 5.74) is -7.73. The molecule has 0 heterocycles. The Bertz CT molecular complexity index is 1510. The molecule has 0 bridgehead atoms. The van der Waals surface area contributed by atoms with E-state index in [1.807, 2.05) is 0 Å². The van der Waals surface area contributed by atoms with E-state index >= 15 is 19.2 Å². The molecular formula is C44H66O16. The summed E-state index contributed by atoms with van der Waals surface area (Å²) in [7, 11) is 0. The first-order chi connectivity index (χ1) is 28.3. The van der Waals surface area contributed by atoms with E-state index in [1.54, 1.807) is 41.5 Å². The van der Waals surface area contributed by atoms with Crippen LogP contribution in [0.2, 0.25) is 0 Å². The molecular weight excluding hydrogens is 784 g/mol. The Morgan fingerprint density at radius 2 is 0.683 bits per heavy atom. The van der Waals surface area contributed by atoms with E-state index in [0.29, 0.717) is 51.4 Å². The van der Waals surface area contributed by atoms with Crippen LogP contribution in [0.15, 0.2) is 0 Å². The third-order valence-electron chi connectivity index (χ3n) is 13.9. The van der Waals surface area contributed by atoms with Gasteiger partial charge in [0, 0.05) is 10.8 Å². The van der Waals surface area contributed by atoms with Crippen molar-refractivity contribution in [3.8, 4) is 0 Å². The number of hydrogen-bond donors (Lipinski definition) is 0. The standard InChI is InChI=1S/C44H66O16/c1-11-53-33(45)25(5)57-37(49)31-41(9,29-21-17-15-18-22-29)43(31,39(51)59-27(7)35(47)55-13-3)44(40(52)60-28(8)36(48)56-14-4)32(38(50)58-26(6)34(46)54-12-2)42(44,10)30-23-19-16-20-24-30/h25-32H,11-24H2,1-10H3/t25-,26-,27-,28-,31?,32?,41-,42+,43+,44+/m0/s1. The third kappa shape index (κ3) is 8.24. The zero-order valence-corrected chi connectivity index (χ0v) is 37.1. The van der Waals surface area contributed by atoms with Crippen molar-refractivity contribution >= 4 is 47.8 Å². The van der Waals surface area contributed by atoms with Crippen molar-refractivity contribution < 1.29 is 76.3 Å². The number of carbonyl (C=O) groups is 8. The Balaban J connectivity index is 2.12. The van der Waals surface area contributed by atoms with Crippen molar-refractivity contribution in [1.82, 2.24) is 0 Å². The molecule has 60 heavy (non-hydrogen) atoms. The fraction of sp³-hybridized carbons (Fsp3) is 0.818. The van der Waals surface area contributed by atoms with E-state index in [4.69, 9.17) is 37.9 Å². The second kappa shape index (κ2) is 19.6. The molecule has 0 aliphatic heterocycles. The van der Waals surface area contributed by atoms with Gasteiger partial charge in [0.2, 0.25) is 0 Å². The minimum Gasteiger partial charge on any atom is -0.463 e. The van der Waals surface area contributed by atoms with Crippen LogP contribution in [-0.2, 0) is 76.3 Å². The Morgan fingerprint density at radius 1 is 0.433 bits per heavy atom. The van der Waals surface area contributed by atoms with Gasteiger partial charge in [0.05, 0.1) is 38.3 Å². The van der Waals surface area contributed by atoms with Crippen molar-refractivity contribution in [2.75, 3.05) is 26.4 Å². The zero-order chi connectivity index (χ0) is 44.8. The first-order valence-electron chi connectivity index (χ1n) is 21.8. The van der Waals surface area contributed by atoms with Crippen LogP contribution < -0.4 is 0 Å². The molecule has 0 aromatic heterocycles. The number of esters is 8. The van der Waals surface area contributed by atoms with Gasteiger partial charge in [0.1, 0.15) is 10.8 Å². The molecule has 10 atom stereocenters. The van der Waals surface area contributed by atoms with Crippen LogP contribution in [0, 0.1) is 45.3 Å². The number of carbonyl (C=O) groups excluding carboxylic acids is 8. The zero-order valence-electron chi connectivity index (χ0n) is 37.1. The summed E-state index contributed by atoms with van der Waals surface area (Å²) in [6.45, 7) is 14.9. The van der Waals surface area contributed by atoms with E-state index < -0.39 is 118 Å². The fourth-order valence-corrected chi connectivity index (χ4v) is 11.2. The lowest BCUT2D eigenvalue weighted by Crippen LogP contribution is -2.49. The molecule has 0 radical (unpaired) electrons. The fourth-order valence-electron chi connectivity index (χ4n) is 11.2. The van der Waals surface area contributed by atoms with E-state index in [1.165, 1.54) is 27.7 Å². The first-order valence-corrected chi connectivity index (χ1v) is 21.8. The molecule has 0 spiro atoms. The maximum Gasteiger partial charge on any atom is 0.347 e. The summed E-state index contributed by atoms with van der Waals surface area (Å²) in [6.07, 6.45) is 0.657. The molecule has 0 N–H and O–H groups in total. The normalized spacial score (nSPS) is 30.8. The topological polar surface area (TPSA) is 210 Å².